The number of anilines is 2. The SMILES string of the molecule is COc1cccc(OC)c1C(=O)Nc1cccc(SCC(=O)Nc2cc(C)cc(C)c2)c1. The number of methoxy groups -OCH3 is 2. The Hall–Kier alpha value is -3.45. The van der Waals surface area contributed by atoms with E-state index in [1.54, 1.807) is 24.3 Å². The summed E-state index contributed by atoms with van der Waals surface area (Å²) in [4.78, 5) is 26.1. The Bertz CT molecular complexity index is 1090. The molecule has 3 aromatic rings. The van der Waals surface area contributed by atoms with E-state index in [0.29, 0.717) is 22.7 Å². The van der Waals surface area contributed by atoms with Crippen LogP contribution in [0.15, 0.2) is 65.6 Å². The van der Waals surface area contributed by atoms with Crippen LogP contribution in [0.1, 0.15) is 21.5 Å². The van der Waals surface area contributed by atoms with Crippen molar-refractivity contribution in [3.05, 3.63) is 77.4 Å². The quantitative estimate of drug-likeness (QED) is 0.455. The second kappa shape index (κ2) is 10.7. The highest BCUT2D eigenvalue weighted by Crippen LogP contribution is 2.30. The van der Waals surface area contributed by atoms with E-state index in [1.165, 1.54) is 26.0 Å². The molecule has 0 heterocycles. The molecule has 7 heteroatoms. The summed E-state index contributed by atoms with van der Waals surface area (Å²) in [6, 6.07) is 18.5. The predicted octanol–water partition coefficient (Wildman–Crippen LogP) is 5.30. The zero-order chi connectivity index (χ0) is 23.1. The number of carbonyl (C=O) groups excluding carboxylic acids is 2. The van der Waals surface area contributed by atoms with Crippen molar-refractivity contribution >= 4 is 35.0 Å². The fourth-order valence-corrected chi connectivity index (χ4v) is 4.08. The van der Waals surface area contributed by atoms with E-state index in [1.807, 2.05) is 44.2 Å². The lowest BCUT2D eigenvalue weighted by molar-refractivity contribution is -0.113. The van der Waals surface area contributed by atoms with Crippen molar-refractivity contribution in [3.8, 4) is 11.5 Å². The molecule has 0 aliphatic rings. The van der Waals surface area contributed by atoms with Gasteiger partial charge in [0.05, 0.1) is 20.0 Å². The molecule has 0 aromatic heterocycles. The number of carbonyl (C=O) groups is 2. The zero-order valence-electron chi connectivity index (χ0n) is 18.5. The third kappa shape index (κ3) is 6.04. The van der Waals surface area contributed by atoms with E-state index < -0.39 is 0 Å². The summed E-state index contributed by atoms with van der Waals surface area (Å²) in [7, 11) is 3.01. The van der Waals surface area contributed by atoms with Crippen LogP contribution in [0.2, 0.25) is 0 Å². The number of hydrogen-bond donors (Lipinski definition) is 2. The molecule has 0 aliphatic carbocycles. The fraction of sp³-hybridized carbons (Fsp3) is 0.200. The molecule has 0 saturated heterocycles. The normalized spacial score (nSPS) is 10.4. The van der Waals surface area contributed by atoms with Crippen LogP contribution in [0.25, 0.3) is 0 Å². The number of aryl methyl sites for hydroxylation is 2. The Morgan fingerprint density at radius 1 is 0.812 bits per heavy atom. The molecule has 0 aliphatic heterocycles. The van der Waals surface area contributed by atoms with E-state index >= 15 is 0 Å². The van der Waals surface area contributed by atoms with Crippen molar-refractivity contribution in [2.24, 2.45) is 0 Å². The lowest BCUT2D eigenvalue weighted by atomic mass is 10.1. The summed E-state index contributed by atoms with van der Waals surface area (Å²) in [5, 5.41) is 5.81. The number of amides is 2. The highest BCUT2D eigenvalue weighted by molar-refractivity contribution is 8.00. The third-order valence-electron chi connectivity index (χ3n) is 4.62. The first-order valence-corrected chi connectivity index (χ1v) is 11.0. The van der Waals surface area contributed by atoms with Gasteiger partial charge in [-0.05, 0) is 67.4 Å². The fourth-order valence-electron chi connectivity index (χ4n) is 3.33. The molecule has 0 fully saturated rings. The second-order valence-corrected chi connectivity index (χ2v) is 8.28. The Balaban J connectivity index is 1.64. The van der Waals surface area contributed by atoms with Crippen molar-refractivity contribution in [3.63, 3.8) is 0 Å². The van der Waals surface area contributed by atoms with Crippen LogP contribution >= 0.6 is 11.8 Å². The minimum atomic E-state index is -0.339. The van der Waals surface area contributed by atoms with Crippen LogP contribution in [-0.4, -0.2) is 31.8 Å². The molecule has 166 valence electrons. The molecule has 32 heavy (non-hydrogen) atoms. The second-order valence-electron chi connectivity index (χ2n) is 7.23. The molecule has 2 amide bonds. The van der Waals surface area contributed by atoms with Crippen molar-refractivity contribution in [1.29, 1.82) is 0 Å². The van der Waals surface area contributed by atoms with Crippen LogP contribution in [0, 0.1) is 13.8 Å². The van der Waals surface area contributed by atoms with E-state index in [9.17, 15) is 9.59 Å². The van der Waals surface area contributed by atoms with E-state index in [0.717, 1.165) is 21.7 Å². The van der Waals surface area contributed by atoms with Crippen LogP contribution in [0.4, 0.5) is 11.4 Å². The van der Waals surface area contributed by atoms with Crippen molar-refractivity contribution < 1.29 is 19.1 Å². The number of nitrogens with one attached hydrogen (secondary N) is 2. The summed E-state index contributed by atoms with van der Waals surface area (Å²) in [6.07, 6.45) is 0. The standard InChI is InChI=1S/C25H26N2O4S/c1-16-11-17(2)13-19(12-16)26-23(28)15-32-20-8-5-7-18(14-20)27-25(29)24-21(30-3)9-6-10-22(24)31-4/h5-14H,15H2,1-4H3,(H,26,28)(H,27,29). The molecule has 0 unspecified atom stereocenters. The van der Waals surface area contributed by atoms with Gasteiger partial charge in [0.15, 0.2) is 0 Å². The maximum absolute atomic E-state index is 12.9. The van der Waals surface area contributed by atoms with Gasteiger partial charge in [-0.25, -0.2) is 0 Å². The molecule has 0 spiro atoms. The molecule has 3 rings (SSSR count). The summed E-state index contributed by atoms with van der Waals surface area (Å²) in [6.45, 7) is 4.00. The first kappa shape index (κ1) is 23.2. The summed E-state index contributed by atoms with van der Waals surface area (Å²) in [5.74, 6) is 0.679. The number of ether oxygens (including phenoxy) is 2. The Morgan fingerprint density at radius 3 is 2.06 bits per heavy atom. The summed E-state index contributed by atoms with van der Waals surface area (Å²) >= 11 is 1.40. The molecule has 6 nitrogen and oxygen atoms in total. The van der Waals surface area contributed by atoms with E-state index in [4.69, 9.17) is 9.47 Å². The molecular weight excluding hydrogens is 424 g/mol. The van der Waals surface area contributed by atoms with Gasteiger partial charge in [0, 0.05) is 16.3 Å². The number of rotatable bonds is 8. The highest BCUT2D eigenvalue weighted by Gasteiger charge is 2.18. The van der Waals surface area contributed by atoms with Crippen LogP contribution in [0.5, 0.6) is 11.5 Å². The summed E-state index contributed by atoms with van der Waals surface area (Å²) < 4.78 is 10.6. The van der Waals surface area contributed by atoms with Crippen molar-refractivity contribution in [1.82, 2.24) is 0 Å². The average Bonchev–Trinajstić information content (AvgIpc) is 2.76. The topological polar surface area (TPSA) is 76.7 Å². The van der Waals surface area contributed by atoms with Gasteiger partial charge in [-0.15, -0.1) is 11.8 Å². The molecule has 0 saturated carbocycles. The van der Waals surface area contributed by atoms with Gasteiger partial charge in [-0.3, -0.25) is 9.59 Å². The van der Waals surface area contributed by atoms with Crippen molar-refractivity contribution in [2.75, 3.05) is 30.6 Å². The maximum Gasteiger partial charge on any atom is 0.263 e. The average molecular weight is 451 g/mol. The van der Waals surface area contributed by atoms with Gasteiger partial charge < -0.3 is 20.1 Å². The van der Waals surface area contributed by atoms with Crippen LogP contribution in [0.3, 0.4) is 0 Å². The maximum atomic E-state index is 12.9. The van der Waals surface area contributed by atoms with Gasteiger partial charge >= 0.3 is 0 Å². The number of hydrogen-bond acceptors (Lipinski definition) is 5. The Kier molecular flexibility index (Phi) is 7.78. The summed E-state index contributed by atoms with van der Waals surface area (Å²) in [5.41, 5.74) is 3.93. The third-order valence-corrected chi connectivity index (χ3v) is 5.62. The Labute approximate surface area is 192 Å². The molecule has 0 bridgehead atoms. The number of thioether (sulfide) groups is 1. The van der Waals surface area contributed by atoms with Crippen molar-refractivity contribution in [2.45, 2.75) is 18.7 Å². The van der Waals surface area contributed by atoms with Gasteiger partial charge in [0.2, 0.25) is 5.91 Å². The molecule has 3 aromatic carbocycles. The zero-order valence-corrected chi connectivity index (χ0v) is 19.3. The molecule has 0 atom stereocenters. The smallest absolute Gasteiger partial charge is 0.263 e. The first-order valence-electron chi connectivity index (χ1n) is 10.0. The van der Waals surface area contributed by atoms with Gasteiger partial charge in [0.25, 0.3) is 5.91 Å². The highest BCUT2D eigenvalue weighted by atomic mass is 32.2. The predicted molar refractivity (Wildman–Crippen MR) is 129 cm³/mol. The molecule has 2 N–H and O–H groups in total. The Morgan fingerprint density at radius 2 is 1.44 bits per heavy atom. The molecular formula is C25H26N2O4S. The largest absolute Gasteiger partial charge is 0.496 e. The minimum Gasteiger partial charge on any atom is -0.496 e. The van der Waals surface area contributed by atoms with E-state index in [-0.39, 0.29) is 17.6 Å². The monoisotopic (exact) mass is 450 g/mol. The van der Waals surface area contributed by atoms with Gasteiger partial charge in [-0.1, -0.05) is 18.2 Å². The minimum absolute atomic E-state index is 0.0896. The van der Waals surface area contributed by atoms with E-state index in [2.05, 4.69) is 16.7 Å². The number of benzene rings is 3. The lowest BCUT2D eigenvalue weighted by Crippen LogP contribution is -2.15. The molecule has 0 radical (unpaired) electrons. The van der Waals surface area contributed by atoms with Gasteiger partial charge in [-0.2, -0.15) is 0 Å². The van der Waals surface area contributed by atoms with Crippen LogP contribution < -0.4 is 20.1 Å². The first-order chi connectivity index (χ1) is 15.4. The van der Waals surface area contributed by atoms with Gasteiger partial charge in [0.1, 0.15) is 17.1 Å². The van der Waals surface area contributed by atoms with Crippen LogP contribution in [-0.2, 0) is 4.79 Å². The lowest BCUT2D eigenvalue weighted by Gasteiger charge is -2.13.